The molecule has 9 heteroatoms. The fourth-order valence-corrected chi connectivity index (χ4v) is 6.74. The van der Waals surface area contributed by atoms with Crippen LogP contribution in [0.4, 0.5) is 0 Å². The lowest BCUT2D eigenvalue weighted by molar-refractivity contribution is 0.0342. The van der Waals surface area contributed by atoms with E-state index in [4.69, 9.17) is 9.72 Å². The minimum Gasteiger partial charge on any atom is -0.496 e. The number of nitrogens with one attached hydrogen (secondary N) is 1. The third-order valence-electron chi connectivity index (χ3n) is 9.04. The number of carboxylic acid groups (broad SMARTS) is 1. The molecule has 1 heterocycles. The topological polar surface area (TPSA) is 114 Å². The van der Waals surface area contributed by atoms with Crippen LogP contribution in [0.1, 0.15) is 81.3 Å². The van der Waals surface area contributed by atoms with E-state index in [1.807, 2.05) is 123 Å². The molecule has 6 aromatic rings. The smallest absolute Gasteiger partial charge is 0.335 e. The summed E-state index contributed by atoms with van der Waals surface area (Å²) >= 11 is 0. The second-order valence-corrected chi connectivity index (χ2v) is 13.2. The summed E-state index contributed by atoms with van der Waals surface area (Å²) in [6.07, 6.45) is 0.533. The molecule has 258 valence electrons. The summed E-state index contributed by atoms with van der Waals surface area (Å²) in [5, 5.41) is 11.2. The number of hydrogen-bond acceptors (Lipinski definition) is 5. The van der Waals surface area contributed by atoms with E-state index >= 15 is 4.79 Å². The Bertz CT molecular complexity index is 2110. The Labute approximate surface area is 297 Å². The summed E-state index contributed by atoms with van der Waals surface area (Å²) in [4.78, 5) is 46.4. The Balaban J connectivity index is 1.67. The zero-order valence-corrected chi connectivity index (χ0v) is 29.3. The van der Waals surface area contributed by atoms with Crippen LogP contribution in [-0.2, 0) is 12.0 Å². The Morgan fingerprint density at radius 3 is 1.80 bits per heavy atom. The average molecular weight is 681 g/mol. The van der Waals surface area contributed by atoms with E-state index in [-0.39, 0.29) is 11.4 Å². The van der Waals surface area contributed by atoms with Gasteiger partial charge in [-0.15, -0.1) is 0 Å². The Morgan fingerprint density at radius 1 is 0.784 bits per heavy atom. The third-order valence-corrected chi connectivity index (χ3v) is 9.04. The molecule has 0 saturated carbocycles. The SMILES string of the molecule is CCc1c(OC)cccc1C(=O)NN(C(=O)c1nc2cc(C(=O)O)ccc2n1C(c1ccccc1)(c1ccccc1)c1ccccc1)C(C)(C)C. The van der Waals surface area contributed by atoms with Crippen molar-refractivity contribution in [3.05, 3.63) is 167 Å². The van der Waals surface area contributed by atoms with Gasteiger partial charge < -0.3 is 14.4 Å². The lowest BCUT2D eigenvalue weighted by Crippen LogP contribution is -2.57. The first kappa shape index (κ1) is 34.6. The average Bonchev–Trinajstić information content (AvgIpc) is 3.53. The molecule has 6 rings (SSSR count). The number of aromatic carboxylic acids is 1. The van der Waals surface area contributed by atoms with E-state index in [2.05, 4.69) is 5.43 Å². The zero-order valence-electron chi connectivity index (χ0n) is 29.3. The molecule has 0 saturated heterocycles. The molecule has 0 aliphatic carbocycles. The predicted molar refractivity (Wildman–Crippen MR) is 197 cm³/mol. The number of methoxy groups -OCH3 is 1. The summed E-state index contributed by atoms with van der Waals surface area (Å²) in [5.74, 6) is -1.61. The van der Waals surface area contributed by atoms with Crippen LogP contribution in [0.3, 0.4) is 0 Å². The summed E-state index contributed by atoms with van der Waals surface area (Å²) in [5.41, 5.74) is 5.29. The van der Waals surface area contributed by atoms with Gasteiger partial charge in [-0.05, 0) is 74.2 Å². The van der Waals surface area contributed by atoms with Crippen LogP contribution in [0.2, 0.25) is 0 Å². The quantitative estimate of drug-likeness (QED) is 0.119. The Hall–Kier alpha value is -6.22. The number of imidazole rings is 1. The lowest BCUT2D eigenvalue weighted by atomic mass is 9.76. The third kappa shape index (κ3) is 6.23. The first-order valence-corrected chi connectivity index (χ1v) is 16.8. The van der Waals surface area contributed by atoms with Gasteiger partial charge in [-0.25, -0.2) is 14.8 Å². The van der Waals surface area contributed by atoms with Crippen molar-refractivity contribution in [3.8, 4) is 5.75 Å². The van der Waals surface area contributed by atoms with Gasteiger partial charge >= 0.3 is 11.9 Å². The number of aromatic nitrogens is 2. The van der Waals surface area contributed by atoms with Crippen molar-refractivity contribution >= 4 is 28.8 Å². The zero-order chi connectivity index (χ0) is 36.3. The minimum absolute atomic E-state index is 0.000630. The number of carbonyl (C=O) groups excluding carboxylic acids is 2. The molecule has 0 radical (unpaired) electrons. The van der Waals surface area contributed by atoms with Gasteiger partial charge in [-0.1, -0.05) is 104 Å². The normalized spacial score (nSPS) is 11.6. The molecule has 2 amide bonds. The number of nitrogens with zero attached hydrogens (tertiary/aromatic N) is 3. The van der Waals surface area contributed by atoms with Crippen molar-refractivity contribution in [1.29, 1.82) is 0 Å². The molecular weight excluding hydrogens is 640 g/mol. The fourth-order valence-electron chi connectivity index (χ4n) is 6.74. The molecule has 51 heavy (non-hydrogen) atoms. The number of ether oxygens (including phenoxy) is 1. The highest BCUT2D eigenvalue weighted by Crippen LogP contribution is 2.44. The van der Waals surface area contributed by atoms with Gasteiger partial charge in [0.1, 0.15) is 11.3 Å². The number of carboxylic acids is 1. The van der Waals surface area contributed by atoms with Gasteiger partial charge in [0.05, 0.1) is 29.2 Å². The molecule has 0 spiro atoms. The van der Waals surface area contributed by atoms with Crippen molar-refractivity contribution in [2.24, 2.45) is 0 Å². The number of fused-ring (bicyclic) bond motifs is 1. The van der Waals surface area contributed by atoms with E-state index in [0.717, 1.165) is 16.7 Å². The number of amides is 2. The van der Waals surface area contributed by atoms with Gasteiger partial charge in [0.15, 0.2) is 0 Å². The van der Waals surface area contributed by atoms with Crippen LogP contribution in [0, 0.1) is 0 Å². The summed E-state index contributed by atoms with van der Waals surface area (Å²) in [6, 6.07) is 39.4. The molecule has 0 aliphatic rings. The first-order valence-electron chi connectivity index (χ1n) is 16.8. The number of carbonyl (C=O) groups is 3. The highest BCUT2D eigenvalue weighted by molar-refractivity contribution is 6.01. The fraction of sp³-hybridized carbons (Fsp3) is 0.190. The Kier molecular flexibility index (Phi) is 9.48. The molecular formula is C42H40N4O5. The van der Waals surface area contributed by atoms with Gasteiger partial charge in [0, 0.05) is 11.1 Å². The Morgan fingerprint density at radius 2 is 1.33 bits per heavy atom. The molecule has 1 aromatic heterocycles. The molecule has 0 unspecified atom stereocenters. The minimum atomic E-state index is -1.18. The van der Waals surface area contributed by atoms with Crippen molar-refractivity contribution in [1.82, 2.24) is 20.0 Å². The molecule has 0 aliphatic heterocycles. The first-order chi connectivity index (χ1) is 24.5. The second-order valence-electron chi connectivity index (χ2n) is 13.2. The molecule has 0 bridgehead atoms. The maximum Gasteiger partial charge on any atom is 0.335 e. The van der Waals surface area contributed by atoms with E-state index in [0.29, 0.717) is 34.3 Å². The van der Waals surface area contributed by atoms with Crippen LogP contribution < -0.4 is 10.2 Å². The maximum absolute atomic E-state index is 15.3. The van der Waals surface area contributed by atoms with Gasteiger partial charge in [-0.2, -0.15) is 0 Å². The van der Waals surface area contributed by atoms with Crippen LogP contribution >= 0.6 is 0 Å². The second kappa shape index (κ2) is 14.0. The number of hydrogen-bond donors (Lipinski definition) is 2. The number of rotatable bonds is 9. The van der Waals surface area contributed by atoms with Crippen LogP contribution in [0.5, 0.6) is 5.75 Å². The molecule has 2 N–H and O–H groups in total. The largest absolute Gasteiger partial charge is 0.496 e. The van der Waals surface area contributed by atoms with E-state index in [1.54, 1.807) is 31.4 Å². The summed E-state index contributed by atoms with van der Waals surface area (Å²) < 4.78 is 7.42. The van der Waals surface area contributed by atoms with Crippen LogP contribution in [-0.4, -0.2) is 50.1 Å². The summed E-state index contributed by atoms with van der Waals surface area (Å²) in [7, 11) is 1.56. The van der Waals surface area contributed by atoms with Crippen LogP contribution in [0.15, 0.2) is 127 Å². The van der Waals surface area contributed by atoms with Crippen molar-refractivity contribution in [3.63, 3.8) is 0 Å². The van der Waals surface area contributed by atoms with E-state index in [9.17, 15) is 14.7 Å². The molecule has 0 atom stereocenters. The van der Waals surface area contributed by atoms with Crippen LogP contribution in [0.25, 0.3) is 11.0 Å². The van der Waals surface area contributed by atoms with Crippen molar-refractivity contribution < 1.29 is 24.2 Å². The molecule has 9 nitrogen and oxygen atoms in total. The van der Waals surface area contributed by atoms with Crippen molar-refractivity contribution in [2.45, 2.75) is 45.2 Å². The monoisotopic (exact) mass is 680 g/mol. The van der Waals surface area contributed by atoms with E-state index in [1.165, 1.54) is 17.1 Å². The number of hydrazine groups is 1. The molecule has 0 fully saturated rings. The maximum atomic E-state index is 15.3. The van der Waals surface area contributed by atoms with E-state index < -0.39 is 28.9 Å². The van der Waals surface area contributed by atoms with Gasteiger partial charge in [0.25, 0.3) is 5.91 Å². The van der Waals surface area contributed by atoms with Gasteiger partial charge in [0.2, 0.25) is 5.82 Å². The highest BCUT2D eigenvalue weighted by Gasteiger charge is 2.44. The standard InChI is InChI=1S/C42H40N4O5/c1-6-32-33(23-16-24-36(32)51-5)38(47)44-46(41(2,3)4)39(48)37-43-34-27-28(40(49)50)25-26-35(34)45(37)42(29-17-10-7-11-18-29,30-19-12-8-13-20-30)31-21-14-9-15-22-31/h7-27H,6H2,1-5H3,(H,44,47)(H,49,50). The van der Waals surface area contributed by atoms with Gasteiger partial charge in [-0.3, -0.25) is 15.0 Å². The number of benzene rings is 5. The summed E-state index contributed by atoms with van der Waals surface area (Å²) in [6.45, 7) is 7.41. The lowest BCUT2D eigenvalue weighted by Gasteiger charge is -2.40. The predicted octanol–water partition coefficient (Wildman–Crippen LogP) is 7.73. The van der Waals surface area contributed by atoms with Crippen molar-refractivity contribution in [2.75, 3.05) is 7.11 Å². The highest BCUT2D eigenvalue weighted by atomic mass is 16.5. The molecule has 5 aromatic carbocycles.